The van der Waals surface area contributed by atoms with Crippen molar-refractivity contribution >= 4 is 29.9 Å². The van der Waals surface area contributed by atoms with Crippen LogP contribution >= 0.6 is 24.0 Å². The summed E-state index contributed by atoms with van der Waals surface area (Å²) in [5, 5.41) is 6.95. The molecular weight excluding hydrogens is 385 g/mol. The summed E-state index contributed by atoms with van der Waals surface area (Å²) in [6, 6.07) is 9.08. The topological polar surface area (TPSA) is 36.4 Å². The average Bonchev–Trinajstić information content (AvgIpc) is 2.96. The molecule has 0 aliphatic heterocycles. The van der Waals surface area contributed by atoms with Crippen LogP contribution in [0.2, 0.25) is 0 Å². The molecule has 0 bridgehead atoms. The fourth-order valence-electron chi connectivity index (χ4n) is 2.86. The van der Waals surface area contributed by atoms with Crippen LogP contribution < -0.4 is 10.6 Å². The molecule has 0 unspecified atom stereocenters. The molecule has 2 N–H and O–H groups in total. The van der Waals surface area contributed by atoms with E-state index in [0.717, 1.165) is 25.3 Å². The molecule has 22 heavy (non-hydrogen) atoms. The lowest BCUT2D eigenvalue weighted by Gasteiger charge is -2.29. The Morgan fingerprint density at radius 3 is 2.45 bits per heavy atom. The van der Waals surface area contributed by atoms with E-state index in [0.29, 0.717) is 6.04 Å². The second-order valence-electron chi connectivity index (χ2n) is 6.41. The van der Waals surface area contributed by atoms with Crippen LogP contribution in [0.4, 0.5) is 0 Å². The molecule has 1 aromatic carbocycles. The number of hydrogen-bond donors (Lipinski definition) is 2. The van der Waals surface area contributed by atoms with Gasteiger partial charge in [-0.2, -0.15) is 0 Å². The molecule has 1 aliphatic carbocycles. The van der Waals surface area contributed by atoms with Crippen molar-refractivity contribution in [2.75, 3.05) is 13.6 Å². The molecule has 1 aromatic rings. The van der Waals surface area contributed by atoms with Crippen LogP contribution in [0.5, 0.6) is 0 Å². The fourth-order valence-corrected chi connectivity index (χ4v) is 2.86. The number of nitrogens with zero attached hydrogens (tertiary/aromatic N) is 1. The highest BCUT2D eigenvalue weighted by Crippen LogP contribution is 2.25. The van der Waals surface area contributed by atoms with Crippen molar-refractivity contribution < 1.29 is 0 Å². The summed E-state index contributed by atoms with van der Waals surface area (Å²) in [6.45, 7) is 7.57. The molecule has 0 fully saturated rings. The Morgan fingerprint density at radius 1 is 1.23 bits per heavy atom. The van der Waals surface area contributed by atoms with E-state index < -0.39 is 0 Å². The number of benzene rings is 1. The second kappa shape index (κ2) is 8.56. The quantitative estimate of drug-likeness (QED) is 0.341. The van der Waals surface area contributed by atoms with Crippen molar-refractivity contribution in [3.05, 3.63) is 47.5 Å². The molecule has 0 spiro atoms. The molecule has 0 saturated heterocycles. The van der Waals surface area contributed by atoms with Crippen molar-refractivity contribution in [3.63, 3.8) is 0 Å². The maximum Gasteiger partial charge on any atom is 0.191 e. The van der Waals surface area contributed by atoms with Crippen molar-refractivity contribution in [1.29, 1.82) is 0 Å². The number of rotatable bonds is 4. The molecule has 3 nitrogen and oxygen atoms in total. The van der Waals surface area contributed by atoms with Crippen LogP contribution in [0.3, 0.4) is 0 Å². The van der Waals surface area contributed by atoms with E-state index in [-0.39, 0.29) is 29.4 Å². The van der Waals surface area contributed by atoms with Gasteiger partial charge in [-0.3, -0.25) is 4.99 Å². The highest BCUT2D eigenvalue weighted by atomic mass is 127. The highest BCUT2D eigenvalue weighted by molar-refractivity contribution is 14.0. The van der Waals surface area contributed by atoms with Gasteiger partial charge in [-0.05, 0) is 30.9 Å². The van der Waals surface area contributed by atoms with Crippen LogP contribution in [0.15, 0.2) is 41.4 Å². The minimum atomic E-state index is 0. The van der Waals surface area contributed by atoms with Crippen molar-refractivity contribution in [3.8, 4) is 0 Å². The van der Waals surface area contributed by atoms with Gasteiger partial charge in [0.05, 0.1) is 0 Å². The Kier molecular flexibility index (Phi) is 7.39. The Hall–Kier alpha value is -1.04. The molecular formula is C18H28IN3. The molecule has 0 radical (unpaired) electrons. The molecule has 1 aliphatic rings. The Bertz CT molecular complexity index is 527. The molecule has 122 valence electrons. The molecule has 0 amide bonds. The van der Waals surface area contributed by atoms with Crippen LogP contribution in [0.1, 0.15) is 37.8 Å². The first-order valence-electron chi connectivity index (χ1n) is 7.71. The molecule has 4 heteroatoms. The predicted octanol–water partition coefficient (Wildman–Crippen LogP) is 3.77. The van der Waals surface area contributed by atoms with Gasteiger partial charge in [0.15, 0.2) is 5.96 Å². The third-order valence-corrected chi connectivity index (χ3v) is 4.14. The van der Waals surface area contributed by atoms with E-state index in [1.165, 1.54) is 11.1 Å². The highest BCUT2D eigenvalue weighted by Gasteiger charge is 2.23. The van der Waals surface area contributed by atoms with E-state index in [1.54, 1.807) is 0 Å². The van der Waals surface area contributed by atoms with E-state index in [9.17, 15) is 0 Å². The van der Waals surface area contributed by atoms with Crippen molar-refractivity contribution in [2.24, 2.45) is 4.99 Å². The van der Waals surface area contributed by atoms with Gasteiger partial charge in [-0.15, -0.1) is 24.0 Å². The maximum absolute atomic E-state index is 4.34. The van der Waals surface area contributed by atoms with Gasteiger partial charge in [0.1, 0.15) is 0 Å². The average molecular weight is 413 g/mol. The molecule has 0 atom stereocenters. The number of guanidine groups is 1. The van der Waals surface area contributed by atoms with Gasteiger partial charge in [0, 0.05) is 25.0 Å². The third-order valence-electron chi connectivity index (χ3n) is 4.14. The van der Waals surface area contributed by atoms with Gasteiger partial charge < -0.3 is 10.6 Å². The zero-order valence-electron chi connectivity index (χ0n) is 14.0. The fraction of sp³-hybridized carbons (Fsp3) is 0.500. The Morgan fingerprint density at radius 2 is 1.86 bits per heavy atom. The van der Waals surface area contributed by atoms with Gasteiger partial charge in [-0.25, -0.2) is 0 Å². The number of halogens is 1. The van der Waals surface area contributed by atoms with Crippen LogP contribution in [-0.2, 0) is 5.41 Å². The zero-order valence-corrected chi connectivity index (χ0v) is 16.3. The number of aryl methyl sites for hydroxylation is 1. The van der Waals surface area contributed by atoms with E-state index in [4.69, 9.17) is 0 Å². The number of nitrogens with one attached hydrogen (secondary N) is 2. The minimum absolute atomic E-state index is 0. The molecule has 0 heterocycles. The minimum Gasteiger partial charge on any atom is -0.356 e. The summed E-state index contributed by atoms with van der Waals surface area (Å²) in [4.78, 5) is 4.34. The van der Waals surface area contributed by atoms with Crippen molar-refractivity contribution in [2.45, 2.75) is 45.1 Å². The molecule has 0 aromatic heterocycles. The molecule has 2 rings (SSSR count). The summed E-state index contributed by atoms with van der Waals surface area (Å²) in [7, 11) is 1.83. The standard InChI is InChI=1S/C18H27N3.HI/c1-14-9-5-8-12-16(14)18(2,3)13-20-17(19-4)21-15-10-6-7-11-15;/h5-9,12,15H,10-11,13H2,1-4H3,(H2,19,20,21);1H. The zero-order chi connectivity index (χ0) is 15.3. The van der Waals surface area contributed by atoms with Gasteiger partial charge >= 0.3 is 0 Å². The first-order chi connectivity index (χ1) is 10.0. The van der Waals surface area contributed by atoms with E-state index in [1.807, 2.05) is 7.05 Å². The lowest BCUT2D eigenvalue weighted by atomic mass is 9.82. The first kappa shape index (κ1) is 19.0. The van der Waals surface area contributed by atoms with Gasteiger partial charge in [0.2, 0.25) is 0 Å². The monoisotopic (exact) mass is 413 g/mol. The van der Waals surface area contributed by atoms with E-state index in [2.05, 4.69) is 72.8 Å². The van der Waals surface area contributed by atoms with Crippen molar-refractivity contribution in [1.82, 2.24) is 10.6 Å². The number of aliphatic imine (C=N–C) groups is 1. The summed E-state index contributed by atoms with van der Waals surface area (Å²) < 4.78 is 0. The second-order valence-corrected chi connectivity index (χ2v) is 6.41. The largest absolute Gasteiger partial charge is 0.356 e. The lowest BCUT2D eigenvalue weighted by molar-refractivity contribution is 0.501. The third kappa shape index (κ3) is 5.00. The van der Waals surface area contributed by atoms with Gasteiger partial charge in [0.25, 0.3) is 0 Å². The normalized spacial score (nSPS) is 15.5. The smallest absolute Gasteiger partial charge is 0.191 e. The lowest BCUT2D eigenvalue weighted by Crippen LogP contribution is -2.46. The summed E-state index contributed by atoms with van der Waals surface area (Å²) in [6.07, 6.45) is 6.62. The summed E-state index contributed by atoms with van der Waals surface area (Å²) in [5.74, 6) is 0.894. The number of hydrogen-bond acceptors (Lipinski definition) is 1. The predicted molar refractivity (Wildman–Crippen MR) is 106 cm³/mol. The van der Waals surface area contributed by atoms with Crippen LogP contribution in [0.25, 0.3) is 0 Å². The van der Waals surface area contributed by atoms with Crippen LogP contribution in [-0.4, -0.2) is 25.6 Å². The van der Waals surface area contributed by atoms with E-state index >= 15 is 0 Å². The Balaban J connectivity index is 0.00000242. The SMILES string of the molecule is CN=C(NCC(C)(C)c1ccccc1C)NC1CC=CC1.I. The van der Waals surface area contributed by atoms with Crippen LogP contribution in [0, 0.1) is 6.92 Å². The maximum atomic E-state index is 4.34. The molecule has 0 saturated carbocycles. The first-order valence-corrected chi connectivity index (χ1v) is 7.71. The van der Waals surface area contributed by atoms with Gasteiger partial charge in [-0.1, -0.05) is 50.3 Å². The summed E-state index contributed by atoms with van der Waals surface area (Å²) >= 11 is 0. The summed E-state index contributed by atoms with van der Waals surface area (Å²) in [5.41, 5.74) is 2.79. The Labute approximate surface area is 151 Å².